The molecule has 0 saturated heterocycles. The number of carbonyl (C=O) groups excluding carboxylic acids is 2. The summed E-state index contributed by atoms with van der Waals surface area (Å²) >= 11 is 0. The number of amides is 3. The first-order valence-corrected chi connectivity index (χ1v) is 9.23. The number of furan rings is 1. The number of hydrazine groups is 1. The Morgan fingerprint density at radius 3 is 2.70 bits per heavy atom. The standard InChI is InChI=1S/C20H25N3O4/c1-14-6-5-7-15(12-14)21-20(25)23-22-19(24)18-11-10-17(27-18)13-26-16-8-3-2-4-9-16/h2-4,8-11,14-15H,5-7,12-13H2,1H3,(H,22,24)(H2,21,23,25). The second-order valence-corrected chi connectivity index (χ2v) is 6.89. The van der Waals surface area contributed by atoms with Crippen LogP contribution in [0.4, 0.5) is 4.79 Å². The highest BCUT2D eigenvalue weighted by molar-refractivity contribution is 5.92. The molecular weight excluding hydrogens is 346 g/mol. The molecule has 1 heterocycles. The Kier molecular flexibility index (Phi) is 6.35. The quantitative estimate of drug-likeness (QED) is 0.703. The molecule has 27 heavy (non-hydrogen) atoms. The number of rotatable bonds is 5. The van der Waals surface area contributed by atoms with Gasteiger partial charge in [0.25, 0.3) is 0 Å². The van der Waals surface area contributed by atoms with Crippen LogP contribution in [0.5, 0.6) is 5.75 Å². The van der Waals surface area contributed by atoms with Crippen LogP contribution in [0.15, 0.2) is 46.9 Å². The summed E-state index contributed by atoms with van der Waals surface area (Å²) in [5, 5.41) is 2.88. The van der Waals surface area contributed by atoms with Crippen LogP contribution in [0.1, 0.15) is 48.9 Å². The number of ether oxygens (including phenoxy) is 1. The fourth-order valence-corrected chi connectivity index (χ4v) is 3.21. The molecule has 3 N–H and O–H groups in total. The molecule has 0 spiro atoms. The summed E-state index contributed by atoms with van der Waals surface area (Å²) in [7, 11) is 0. The summed E-state index contributed by atoms with van der Waals surface area (Å²) in [4.78, 5) is 24.0. The van der Waals surface area contributed by atoms with Crippen LogP contribution in [-0.4, -0.2) is 18.0 Å². The zero-order valence-electron chi connectivity index (χ0n) is 15.4. The van der Waals surface area contributed by atoms with E-state index in [9.17, 15) is 9.59 Å². The van der Waals surface area contributed by atoms with Gasteiger partial charge < -0.3 is 14.5 Å². The molecule has 2 aromatic rings. The third-order valence-corrected chi connectivity index (χ3v) is 4.57. The van der Waals surface area contributed by atoms with E-state index in [0.717, 1.165) is 25.0 Å². The highest BCUT2D eigenvalue weighted by atomic mass is 16.5. The van der Waals surface area contributed by atoms with Gasteiger partial charge in [-0.05, 0) is 43.0 Å². The molecule has 3 amide bonds. The molecule has 2 unspecified atom stereocenters. The van der Waals surface area contributed by atoms with Gasteiger partial charge in [0.15, 0.2) is 5.76 Å². The van der Waals surface area contributed by atoms with Gasteiger partial charge in [-0.1, -0.05) is 38.0 Å². The molecular formula is C20H25N3O4. The van der Waals surface area contributed by atoms with Crippen LogP contribution in [0.2, 0.25) is 0 Å². The Labute approximate surface area is 158 Å². The topological polar surface area (TPSA) is 92.6 Å². The van der Waals surface area contributed by atoms with Gasteiger partial charge >= 0.3 is 11.9 Å². The summed E-state index contributed by atoms with van der Waals surface area (Å²) in [6.45, 7) is 2.40. The molecule has 1 aliphatic carbocycles. The van der Waals surface area contributed by atoms with Gasteiger partial charge in [-0.2, -0.15) is 0 Å². The third-order valence-electron chi connectivity index (χ3n) is 4.57. The van der Waals surface area contributed by atoms with Gasteiger partial charge in [0, 0.05) is 6.04 Å². The summed E-state index contributed by atoms with van der Waals surface area (Å²) in [6, 6.07) is 12.3. The van der Waals surface area contributed by atoms with Gasteiger partial charge in [0.05, 0.1) is 0 Å². The molecule has 1 fully saturated rings. The first-order chi connectivity index (χ1) is 13.1. The van der Waals surface area contributed by atoms with E-state index in [2.05, 4.69) is 23.1 Å². The third kappa shape index (κ3) is 5.77. The van der Waals surface area contributed by atoms with E-state index in [1.54, 1.807) is 12.1 Å². The number of benzene rings is 1. The van der Waals surface area contributed by atoms with E-state index >= 15 is 0 Å². The van der Waals surface area contributed by atoms with Crippen LogP contribution in [0.25, 0.3) is 0 Å². The average Bonchev–Trinajstić information content (AvgIpc) is 3.14. The summed E-state index contributed by atoms with van der Waals surface area (Å²) in [6.07, 6.45) is 4.24. The van der Waals surface area contributed by atoms with Crippen molar-refractivity contribution in [2.75, 3.05) is 0 Å². The Bertz CT molecular complexity index is 760. The lowest BCUT2D eigenvalue weighted by molar-refractivity contribution is 0.0903. The van der Waals surface area contributed by atoms with Gasteiger partial charge in [0.1, 0.15) is 18.1 Å². The van der Waals surface area contributed by atoms with Crippen molar-refractivity contribution in [3.8, 4) is 5.75 Å². The van der Waals surface area contributed by atoms with E-state index in [1.807, 2.05) is 30.3 Å². The summed E-state index contributed by atoms with van der Waals surface area (Å²) in [5.41, 5.74) is 4.72. The molecule has 0 aliphatic heterocycles. The predicted molar refractivity (Wildman–Crippen MR) is 100 cm³/mol. The van der Waals surface area contributed by atoms with Gasteiger partial charge in [-0.3, -0.25) is 10.2 Å². The molecule has 1 aromatic carbocycles. The number of hydrogen-bond acceptors (Lipinski definition) is 4. The predicted octanol–water partition coefficient (Wildman–Crippen LogP) is 3.38. The van der Waals surface area contributed by atoms with E-state index in [0.29, 0.717) is 11.7 Å². The second kappa shape index (κ2) is 9.12. The minimum absolute atomic E-state index is 0.105. The first kappa shape index (κ1) is 18.8. The molecule has 1 saturated carbocycles. The van der Waals surface area contributed by atoms with Crippen LogP contribution in [0, 0.1) is 5.92 Å². The Morgan fingerprint density at radius 1 is 1.11 bits per heavy atom. The lowest BCUT2D eigenvalue weighted by atomic mass is 9.87. The van der Waals surface area contributed by atoms with Crippen molar-refractivity contribution in [1.82, 2.24) is 16.2 Å². The van der Waals surface area contributed by atoms with E-state index in [-0.39, 0.29) is 18.4 Å². The average molecular weight is 371 g/mol. The maximum Gasteiger partial charge on any atom is 0.333 e. The Balaban J connectivity index is 1.41. The number of nitrogens with one attached hydrogen (secondary N) is 3. The first-order valence-electron chi connectivity index (χ1n) is 9.23. The van der Waals surface area contributed by atoms with Crippen molar-refractivity contribution in [2.45, 2.75) is 45.3 Å². The van der Waals surface area contributed by atoms with Crippen molar-refractivity contribution in [1.29, 1.82) is 0 Å². The van der Waals surface area contributed by atoms with E-state index < -0.39 is 11.9 Å². The molecule has 7 nitrogen and oxygen atoms in total. The number of carbonyl (C=O) groups is 2. The van der Waals surface area contributed by atoms with Gasteiger partial charge in [0.2, 0.25) is 0 Å². The fourth-order valence-electron chi connectivity index (χ4n) is 3.21. The molecule has 1 aliphatic rings. The largest absolute Gasteiger partial charge is 0.486 e. The molecule has 144 valence electrons. The monoisotopic (exact) mass is 371 g/mol. The maximum atomic E-state index is 12.1. The van der Waals surface area contributed by atoms with Gasteiger partial charge in [-0.25, -0.2) is 10.2 Å². The molecule has 1 aromatic heterocycles. The number of para-hydroxylation sites is 1. The minimum Gasteiger partial charge on any atom is -0.486 e. The van der Waals surface area contributed by atoms with Crippen molar-refractivity contribution in [3.05, 3.63) is 54.0 Å². The van der Waals surface area contributed by atoms with Crippen LogP contribution >= 0.6 is 0 Å². The van der Waals surface area contributed by atoms with Crippen LogP contribution < -0.4 is 20.9 Å². The molecule has 2 atom stereocenters. The Hall–Kier alpha value is -2.96. The molecule has 0 radical (unpaired) electrons. The SMILES string of the molecule is CC1CCCC(NC(=O)NNC(=O)c2ccc(COc3ccccc3)o2)C1. The van der Waals surface area contributed by atoms with Crippen molar-refractivity contribution < 1.29 is 18.7 Å². The highest BCUT2D eigenvalue weighted by Crippen LogP contribution is 2.23. The maximum absolute atomic E-state index is 12.1. The summed E-state index contributed by atoms with van der Waals surface area (Å²) < 4.78 is 11.0. The minimum atomic E-state index is -0.520. The van der Waals surface area contributed by atoms with Crippen molar-refractivity contribution >= 4 is 11.9 Å². The Morgan fingerprint density at radius 2 is 1.93 bits per heavy atom. The fraction of sp³-hybridized carbons (Fsp3) is 0.400. The zero-order valence-corrected chi connectivity index (χ0v) is 15.4. The lowest BCUT2D eigenvalue weighted by Crippen LogP contribution is -2.50. The molecule has 0 bridgehead atoms. The molecule has 7 heteroatoms. The summed E-state index contributed by atoms with van der Waals surface area (Å²) in [5.74, 6) is 1.43. The molecule has 3 rings (SSSR count). The normalized spacial score (nSPS) is 19.1. The highest BCUT2D eigenvalue weighted by Gasteiger charge is 2.20. The lowest BCUT2D eigenvalue weighted by Gasteiger charge is -2.27. The number of hydrogen-bond donors (Lipinski definition) is 3. The zero-order chi connectivity index (χ0) is 19.1. The second-order valence-electron chi connectivity index (χ2n) is 6.89. The smallest absolute Gasteiger partial charge is 0.333 e. The van der Waals surface area contributed by atoms with Crippen LogP contribution in [-0.2, 0) is 6.61 Å². The van der Waals surface area contributed by atoms with Gasteiger partial charge in [-0.15, -0.1) is 0 Å². The van der Waals surface area contributed by atoms with E-state index in [1.165, 1.54) is 6.42 Å². The van der Waals surface area contributed by atoms with Crippen molar-refractivity contribution in [2.24, 2.45) is 5.92 Å². The number of urea groups is 1. The van der Waals surface area contributed by atoms with E-state index in [4.69, 9.17) is 9.15 Å². The van der Waals surface area contributed by atoms with Crippen molar-refractivity contribution in [3.63, 3.8) is 0 Å². The van der Waals surface area contributed by atoms with Crippen LogP contribution in [0.3, 0.4) is 0 Å².